The average molecular weight is 368 g/mol. The van der Waals surface area contributed by atoms with Crippen molar-refractivity contribution in [2.45, 2.75) is 45.1 Å². The quantitative estimate of drug-likeness (QED) is 0.529. The van der Waals surface area contributed by atoms with Gasteiger partial charge < -0.3 is 10.3 Å². The van der Waals surface area contributed by atoms with E-state index in [0.717, 1.165) is 46.2 Å². The van der Waals surface area contributed by atoms with Crippen LogP contribution in [0.25, 0.3) is 22.2 Å². The third-order valence-electron chi connectivity index (χ3n) is 5.56. The molecule has 0 atom stereocenters. The van der Waals surface area contributed by atoms with Crippen LogP contribution in [0.15, 0.2) is 42.7 Å². The van der Waals surface area contributed by atoms with Crippen molar-refractivity contribution in [2.24, 2.45) is 5.92 Å². The first kappa shape index (κ1) is 17.6. The number of rotatable bonds is 6. The number of aromatic nitrogens is 2. The van der Waals surface area contributed by atoms with E-state index in [-0.39, 0.29) is 0 Å². The molecule has 0 spiro atoms. The topological polar surface area (TPSA) is 40.7 Å². The first-order valence-electron chi connectivity index (χ1n) is 9.72. The Morgan fingerprint density at radius 1 is 1.08 bits per heavy atom. The second kappa shape index (κ2) is 8.24. The molecule has 1 fully saturated rings. The molecule has 26 heavy (non-hydrogen) atoms. The number of nitrogens with one attached hydrogen (secondary N) is 2. The summed E-state index contributed by atoms with van der Waals surface area (Å²) in [5.74, 6) is 0.943. The summed E-state index contributed by atoms with van der Waals surface area (Å²) in [7, 11) is 0. The molecule has 1 saturated carbocycles. The highest BCUT2D eigenvalue weighted by Crippen LogP contribution is 2.31. The number of aromatic amines is 1. The lowest BCUT2D eigenvalue weighted by Gasteiger charge is -2.21. The Morgan fingerprint density at radius 2 is 1.88 bits per heavy atom. The normalized spacial score (nSPS) is 15.6. The van der Waals surface area contributed by atoms with E-state index in [9.17, 15) is 0 Å². The lowest BCUT2D eigenvalue weighted by molar-refractivity contribution is 0.334. The Bertz CT molecular complexity index is 847. The predicted molar refractivity (Wildman–Crippen MR) is 109 cm³/mol. The van der Waals surface area contributed by atoms with E-state index in [1.807, 2.05) is 6.07 Å². The number of hydrogen-bond donors (Lipinski definition) is 2. The first-order chi connectivity index (χ1) is 12.8. The van der Waals surface area contributed by atoms with E-state index < -0.39 is 0 Å². The molecular weight excluding hydrogens is 342 g/mol. The molecular formula is C22H26ClN3. The summed E-state index contributed by atoms with van der Waals surface area (Å²) in [5, 5.41) is 4.34. The summed E-state index contributed by atoms with van der Waals surface area (Å²) < 4.78 is 0. The monoisotopic (exact) mass is 367 g/mol. The smallest absolute Gasteiger partial charge is 0.0931 e. The number of halogens is 1. The van der Waals surface area contributed by atoms with Crippen molar-refractivity contribution in [3.05, 3.63) is 53.3 Å². The predicted octanol–water partition coefficient (Wildman–Crippen LogP) is 5.94. The van der Waals surface area contributed by atoms with Gasteiger partial charge in [0, 0.05) is 12.1 Å². The van der Waals surface area contributed by atoms with Gasteiger partial charge >= 0.3 is 0 Å². The lowest BCUT2D eigenvalue weighted by atomic mass is 9.87. The zero-order valence-corrected chi connectivity index (χ0v) is 15.9. The van der Waals surface area contributed by atoms with Gasteiger partial charge in [-0.1, -0.05) is 68.0 Å². The third-order valence-corrected chi connectivity index (χ3v) is 5.87. The van der Waals surface area contributed by atoms with E-state index in [1.54, 1.807) is 6.33 Å². The molecule has 136 valence electrons. The van der Waals surface area contributed by atoms with E-state index in [2.05, 4.69) is 45.6 Å². The molecule has 0 radical (unpaired) electrons. The largest absolute Gasteiger partial charge is 0.345 e. The summed E-state index contributed by atoms with van der Waals surface area (Å²) >= 11 is 6.44. The molecule has 0 unspecified atom stereocenters. The Hall–Kier alpha value is -1.84. The van der Waals surface area contributed by atoms with E-state index in [4.69, 9.17) is 11.6 Å². The van der Waals surface area contributed by atoms with Crippen molar-refractivity contribution < 1.29 is 0 Å². The minimum absolute atomic E-state index is 0.739. The van der Waals surface area contributed by atoms with Crippen LogP contribution in [0.1, 0.15) is 44.1 Å². The Labute approximate surface area is 160 Å². The first-order valence-corrected chi connectivity index (χ1v) is 10.1. The Balaban J connectivity index is 1.34. The maximum atomic E-state index is 6.44. The van der Waals surface area contributed by atoms with Gasteiger partial charge in [0.05, 0.1) is 22.4 Å². The van der Waals surface area contributed by atoms with Gasteiger partial charge in [0.1, 0.15) is 0 Å². The fourth-order valence-electron chi connectivity index (χ4n) is 3.99. The minimum Gasteiger partial charge on any atom is -0.345 e. The van der Waals surface area contributed by atoms with Crippen LogP contribution in [-0.4, -0.2) is 16.5 Å². The van der Waals surface area contributed by atoms with Crippen LogP contribution < -0.4 is 5.32 Å². The summed E-state index contributed by atoms with van der Waals surface area (Å²) in [6.45, 7) is 2.05. The van der Waals surface area contributed by atoms with Crippen LogP contribution in [-0.2, 0) is 6.54 Å². The molecule has 3 aromatic rings. The number of nitrogens with zero attached hydrogens (tertiary/aromatic N) is 1. The average Bonchev–Trinajstić information content (AvgIpc) is 3.13. The minimum atomic E-state index is 0.739. The van der Waals surface area contributed by atoms with Gasteiger partial charge in [-0.25, -0.2) is 4.98 Å². The molecule has 2 N–H and O–H groups in total. The second-order valence-electron chi connectivity index (χ2n) is 7.42. The zero-order chi connectivity index (χ0) is 17.8. The van der Waals surface area contributed by atoms with Gasteiger partial charge in [-0.15, -0.1) is 0 Å². The van der Waals surface area contributed by atoms with Crippen LogP contribution >= 0.6 is 11.6 Å². The third kappa shape index (κ3) is 4.11. The standard InChI is InChI=1S/C22H26ClN3/c23-20-13-22-21(25-15-26-22)12-19(20)18-8-6-17(7-9-18)14-24-11-10-16-4-2-1-3-5-16/h6-9,12-13,15-16,24H,1-5,10-11,14H2,(H,25,26). The summed E-state index contributed by atoms with van der Waals surface area (Å²) in [6.07, 6.45) is 10.2. The number of H-pyrrole nitrogens is 1. The number of fused-ring (bicyclic) bond motifs is 1. The summed E-state index contributed by atoms with van der Waals surface area (Å²) in [4.78, 5) is 7.41. The van der Waals surface area contributed by atoms with Crippen molar-refractivity contribution >= 4 is 22.6 Å². The molecule has 4 rings (SSSR count). The fourth-order valence-corrected chi connectivity index (χ4v) is 4.26. The molecule has 0 amide bonds. The van der Waals surface area contributed by atoms with Crippen molar-refractivity contribution in [1.29, 1.82) is 0 Å². The van der Waals surface area contributed by atoms with Crippen molar-refractivity contribution in [1.82, 2.24) is 15.3 Å². The van der Waals surface area contributed by atoms with Crippen molar-refractivity contribution in [2.75, 3.05) is 6.54 Å². The molecule has 0 aliphatic heterocycles. The van der Waals surface area contributed by atoms with E-state index >= 15 is 0 Å². The molecule has 1 aromatic heterocycles. The zero-order valence-electron chi connectivity index (χ0n) is 15.1. The number of benzene rings is 2. The maximum Gasteiger partial charge on any atom is 0.0931 e. The molecule has 1 aliphatic rings. The Kier molecular flexibility index (Phi) is 5.57. The second-order valence-corrected chi connectivity index (χ2v) is 7.83. The van der Waals surface area contributed by atoms with Gasteiger partial charge in [0.15, 0.2) is 0 Å². The van der Waals surface area contributed by atoms with Crippen LogP contribution in [0.4, 0.5) is 0 Å². The van der Waals surface area contributed by atoms with E-state index in [1.165, 1.54) is 44.1 Å². The SMILES string of the molecule is Clc1cc2nc[nH]c2cc1-c1ccc(CNCCC2CCCCC2)cc1. The van der Waals surface area contributed by atoms with Crippen molar-refractivity contribution in [3.8, 4) is 11.1 Å². The molecule has 3 nitrogen and oxygen atoms in total. The van der Waals surface area contributed by atoms with Gasteiger partial charge in [-0.3, -0.25) is 0 Å². The highest BCUT2D eigenvalue weighted by molar-refractivity contribution is 6.34. The van der Waals surface area contributed by atoms with Gasteiger partial charge in [-0.05, 0) is 42.1 Å². The Morgan fingerprint density at radius 3 is 2.69 bits per heavy atom. The highest BCUT2D eigenvalue weighted by Gasteiger charge is 2.12. The van der Waals surface area contributed by atoms with Gasteiger partial charge in [0.25, 0.3) is 0 Å². The van der Waals surface area contributed by atoms with E-state index in [0.29, 0.717) is 0 Å². The molecule has 0 saturated heterocycles. The summed E-state index contributed by atoms with van der Waals surface area (Å²) in [5.41, 5.74) is 5.41. The number of imidazole rings is 1. The fraction of sp³-hybridized carbons (Fsp3) is 0.409. The van der Waals surface area contributed by atoms with Crippen LogP contribution in [0, 0.1) is 5.92 Å². The molecule has 1 aliphatic carbocycles. The van der Waals surface area contributed by atoms with Crippen LogP contribution in [0.2, 0.25) is 5.02 Å². The summed E-state index contributed by atoms with van der Waals surface area (Å²) in [6, 6.07) is 12.7. The molecule has 1 heterocycles. The molecule has 4 heteroatoms. The number of hydrogen-bond acceptors (Lipinski definition) is 2. The molecule has 0 bridgehead atoms. The van der Waals surface area contributed by atoms with Gasteiger partial charge in [0.2, 0.25) is 0 Å². The van der Waals surface area contributed by atoms with Gasteiger partial charge in [-0.2, -0.15) is 0 Å². The van der Waals surface area contributed by atoms with Crippen LogP contribution in [0.5, 0.6) is 0 Å². The molecule has 2 aromatic carbocycles. The van der Waals surface area contributed by atoms with Crippen LogP contribution in [0.3, 0.4) is 0 Å². The highest BCUT2D eigenvalue weighted by atomic mass is 35.5. The van der Waals surface area contributed by atoms with Crippen molar-refractivity contribution in [3.63, 3.8) is 0 Å². The maximum absolute atomic E-state index is 6.44. The lowest BCUT2D eigenvalue weighted by Crippen LogP contribution is -2.19.